The van der Waals surface area contributed by atoms with Crippen molar-refractivity contribution in [3.8, 4) is 5.75 Å². The minimum absolute atomic E-state index is 0.617. The molecular weight excluding hydrogens is 332 g/mol. The van der Waals surface area contributed by atoms with E-state index in [1.54, 1.807) is 0 Å². The number of hydrogen-bond donors (Lipinski definition) is 0. The summed E-state index contributed by atoms with van der Waals surface area (Å²) in [6, 6.07) is 7.97. The molecule has 0 unspecified atom stereocenters. The molecule has 27 heavy (non-hydrogen) atoms. The quantitative estimate of drug-likeness (QED) is 0.230. The van der Waals surface area contributed by atoms with E-state index in [9.17, 15) is 0 Å². The van der Waals surface area contributed by atoms with Crippen LogP contribution in [0.1, 0.15) is 96.0 Å². The Bertz CT molecular complexity index is 438. The molecule has 2 heteroatoms. The number of unbranched alkanes of at least 4 members (excludes halogenated alkanes) is 12. The normalized spacial score (nSPS) is 10.9. The fraction of sp³-hybridized carbons (Fsp3) is 0.680. The van der Waals surface area contributed by atoms with Crippen molar-refractivity contribution >= 4 is 6.08 Å². The Balaban J connectivity index is 1.76. The van der Waals surface area contributed by atoms with Crippen molar-refractivity contribution in [2.75, 3.05) is 19.8 Å². The molecule has 0 heterocycles. The molecule has 1 aromatic carbocycles. The second kappa shape index (κ2) is 18.1. The lowest BCUT2D eigenvalue weighted by molar-refractivity contribution is 0.0970. The maximum atomic E-state index is 5.67. The largest absolute Gasteiger partial charge is 0.491 e. The van der Waals surface area contributed by atoms with Gasteiger partial charge in [0.2, 0.25) is 0 Å². The van der Waals surface area contributed by atoms with E-state index in [0.29, 0.717) is 13.2 Å². The number of rotatable bonds is 19. The van der Waals surface area contributed by atoms with E-state index in [0.717, 1.165) is 17.9 Å². The van der Waals surface area contributed by atoms with Crippen LogP contribution < -0.4 is 4.74 Å². The van der Waals surface area contributed by atoms with Gasteiger partial charge in [-0.1, -0.05) is 109 Å². The summed E-state index contributed by atoms with van der Waals surface area (Å²) in [5.74, 6) is 0.894. The zero-order valence-corrected chi connectivity index (χ0v) is 17.7. The molecule has 1 rings (SSSR count). The van der Waals surface area contributed by atoms with Gasteiger partial charge >= 0.3 is 0 Å². The van der Waals surface area contributed by atoms with Crippen LogP contribution in [-0.4, -0.2) is 19.8 Å². The van der Waals surface area contributed by atoms with Gasteiger partial charge in [-0.05, 0) is 24.1 Å². The zero-order valence-electron chi connectivity index (χ0n) is 17.7. The molecule has 0 atom stereocenters. The first-order chi connectivity index (χ1) is 13.4. The third-order valence-electron chi connectivity index (χ3n) is 5.00. The number of benzene rings is 1. The molecule has 0 fully saturated rings. The molecule has 0 bridgehead atoms. The monoisotopic (exact) mass is 374 g/mol. The Kier molecular flexibility index (Phi) is 15.9. The summed E-state index contributed by atoms with van der Waals surface area (Å²) < 4.78 is 11.3. The van der Waals surface area contributed by atoms with E-state index >= 15 is 0 Å². The van der Waals surface area contributed by atoms with Gasteiger partial charge in [0.1, 0.15) is 12.4 Å². The second-order valence-corrected chi connectivity index (χ2v) is 7.48. The van der Waals surface area contributed by atoms with E-state index < -0.39 is 0 Å². The molecule has 0 saturated carbocycles. The first-order valence-electron chi connectivity index (χ1n) is 11.3. The van der Waals surface area contributed by atoms with Gasteiger partial charge in [-0.25, -0.2) is 0 Å². The van der Waals surface area contributed by atoms with Crippen molar-refractivity contribution in [2.45, 2.75) is 90.4 Å². The molecule has 0 aromatic heterocycles. The van der Waals surface area contributed by atoms with Crippen molar-refractivity contribution in [1.82, 2.24) is 0 Å². The standard InChI is InChI=1S/C25H42O2/c1-3-5-6-7-8-9-10-11-12-13-14-15-16-21-26-22-23-27-25-19-17-24(4-2)18-20-25/h4,17-20H,2-3,5-16,21-23H2,1H3. The third kappa shape index (κ3) is 14.4. The minimum Gasteiger partial charge on any atom is -0.491 e. The molecule has 0 radical (unpaired) electrons. The van der Waals surface area contributed by atoms with Crippen LogP contribution in [0.15, 0.2) is 30.8 Å². The molecule has 0 aliphatic heterocycles. The lowest BCUT2D eigenvalue weighted by Crippen LogP contribution is -2.07. The van der Waals surface area contributed by atoms with Gasteiger partial charge in [0, 0.05) is 6.61 Å². The molecule has 154 valence electrons. The Morgan fingerprint density at radius 3 is 1.70 bits per heavy atom. The van der Waals surface area contributed by atoms with Gasteiger partial charge in [0.05, 0.1) is 6.61 Å². The van der Waals surface area contributed by atoms with Gasteiger partial charge in [-0.15, -0.1) is 0 Å². The summed E-state index contributed by atoms with van der Waals surface area (Å²) in [7, 11) is 0. The first-order valence-corrected chi connectivity index (χ1v) is 11.3. The van der Waals surface area contributed by atoms with Crippen LogP contribution in [0.2, 0.25) is 0 Å². The van der Waals surface area contributed by atoms with Gasteiger partial charge < -0.3 is 9.47 Å². The van der Waals surface area contributed by atoms with Crippen molar-refractivity contribution < 1.29 is 9.47 Å². The van der Waals surface area contributed by atoms with Crippen LogP contribution in [0.5, 0.6) is 5.75 Å². The summed E-state index contributed by atoms with van der Waals surface area (Å²) in [4.78, 5) is 0. The van der Waals surface area contributed by atoms with Crippen molar-refractivity contribution in [3.63, 3.8) is 0 Å². The van der Waals surface area contributed by atoms with Crippen LogP contribution >= 0.6 is 0 Å². The molecule has 1 aromatic rings. The Labute approximate surface area is 168 Å². The maximum Gasteiger partial charge on any atom is 0.119 e. The van der Waals surface area contributed by atoms with Crippen LogP contribution in [-0.2, 0) is 4.74 Å². The smallest absolute Gasteiger partial charge is 0.119 e. The van der Waals surface area contributed by atoms with Crippen LogP contribution in [0, 0.1) is 0 Å². The van der Waals surface area contributed by atoms with E-state index in [1.165, 1.54) is 83.5 Å². The minimum atomic E-state index is 0.617. The van der Waals surface area contributed by atoms with Gasteiger partial charge in [0.15, 0.2) is 0 Å². The van der Waals surface area contributed by atoms with Crippen LogP contribution in [0.25, 0.3) is 6.08 Å². The van der Waals surface area contributed by atoms with Crippen LogP contribution in [0.4, 0.5) is 0 Å². The molecule has 0 saturated heterocycles. The van der Waals surface area contributed by atoms with Crippen molar-refractivity contribution in [2.24, 2.45) is 0 Å². The zero-order chi connectivity index (χ0) is 19.4. The maximum absolute atomic E-state index is 5.67. The first kappa shape index (κ1) is 23.8. The van der Waals surface area contributed by atoms with E-state index in [1.807, 2.05) is 30.3 Å². The molecule has 0 spiro atoms. The average molecular weight is 375 g/mol. The predicted octanol–water partition coefficient (Wildman–Crippen LogP) is 7.82. The average Bonchev–Trinajstić information content (AvgIpc) is 2.70. The molecule has 0 amide bonds. The highest BCUT2D eigenvalue weighted by atomic mass is 16.5. The van der Waals surface area contributed by atoms with Gasteiger partial charge in [-0.3, -0.25) is 0 Å². The predicted molar refractivity (Wildman–Crippen MR) is 119 cm³/mol. The van der Waals surface area contributed by atoms with E-state index in [-0.39, 0.29) is 0 Å². The molecule has 0 aliphatic carbocycles. The topological polar surface area (TPSA) is 18.5 Å². The van der Waals surface area contributed by atoms with E-state index in [4.69, 9.17) is 9.47 Å². The third-order valence-corrected chi connectivity index (χ3v) is 5.00. The fourth-order valence-electron chi connectivity index (χ4n) is 3.24. The Hall–Kier alpha value is -1.28. The highest BCUT2D eigenvalue weighted by Gasteiger charge is 1.96. The molecule has 0 aliphatic rings. The Morgan fingerprint density at radius 2 is 1.19 bits per heavy atom. The van der Waals surface area contributed by atoms with Gasteiger partial charge in [0.25, 0.3) is 0 Å². The lowest BCUT2D eigenvalue weighted by Gasteiger charge is -2.07. The highest BCUT2D eigenvalue weighted by Crippen LogP contribution is 2.13. The summed E-state index contributed by atoms with van der Waals surface area (Å²) in [6.07, 6.45) is 19.9. The number of ether oxygens (including phenoxy) is 2. The van der Waals surface area contributed by atoms with Crippen molar-refractivity contribution in [3.05, 3.63) is 36.4 Å². The summed E-state index contributed by atoms with van der Waals surface area (Å²) >= 11 is 0. The molecule has 2 nitrogen and oxygen atoms in total. The highest BCUT2D eigenvalue weighted by molar-refractivity contribution is 5.48. The summed E-state index contributed by atoms with van der Waals surface area (Å²) in [6.45, 7) is 8.18. The summed E-state index contributed by atoms with van der Waals surface area (Å²) in [5.41, 5.74) is 1.11. The number of hydrogen-bond acceptors (Lipinski definition) is 2. The SMILES string of the molecule is C=Cc1ccc(OCCOCCCCCCCCCCCCCCC)cc1. The summed E-state index contributed by atoms with van der Waals surface area (Å²) in [5, 5.41) is 0. The van der Waals surface area contributed by atoms with E-state index in [2.05, 4.69) is 13.5 Å². The van der Waals surface area contributed by atoms with Gasteiger partial charge in [-0.2, -0.15) is 0 Å². The Morgan fingerprint density at radius 1 is 0.667 bits per heavy atom. The second-order valence-electron chi connectivity index (χ2n) is 7.48. The fourth-order valence-corrected chi connectivity index (χ4v) is 3.24. The van der Waals surface area contributed by atoms with Crippen molar-refractivity contribution in [1.29, 1.82) is 0 Å². The van der Waals surface area contributed by atoms with Crippen LogP contribution in [0.3, 0.4) is 0 Å². The molecular formula is C25H42O2. The molecule has 0 N–H and O–H groups in total. The lowest BCUT2D eigenvalue weighted by atomic mass is 10.0.